The molecule has 13 heteroatoms. The van der Waals surface area contributed by atoms with E-state index in [-0.39, 0.29) is 35.0 Å². The Balaban J connectivity index is 0.000000638. The summed E-state index contributed by atoms with van der Waals surface area (Å²) < 4.78 is 9.83. The summed E-state index contributed by atoms with van der Waals surface area (Å²) in [6.45, 7) is 9.89. The minimum absolute atomic E-state index is 0.0571. The van der Waals surface area contributed by atoms with Crippen LogP contribution in [0.1, 0.15) is 37.6 Å². The molecule has 2 fully saturated rings. The van der Waals surface area contributed by atoms with Gasteiger partial charge in [-0.15, -0.1) is 0 Å². The number of morpholine rings is 1. The maximum absolute atomic E-state index is 12.6. The van der Waals surface area contributed by atoms with Crippen molar-refractivity contribution < 1.29 is 23.9 Å². The quantitative estimate of drug-likeness (QED) is 0.135. The second kappa shape index (κ2) is 14.2. The number of carbonyl (C=O) groups excluding carboxylic acids is 3. The fourth-order valence-electron chi connectivity index (χ4n) is 3.60. The zero-order valence-corrected chi connectivity index (χ0v) is 22.5. The molecule has 1 atom stereocenters. The Morgan fingerprint density at radius 1 is 1.11 bits per heavy atom. The number of hydrogen-bond donors (Lipinski definition) is 5. The van der Waals surface area contributed by atoms with Crippen LogP contribution in [0, 0.1) is 0 Å². The lowest BCUT2D eigenvalue weighted by Gasteiger charge is -2.27. The number of nitrogens with one attached hydrogen (secondary N) is 2. The predicted octanol–water partition coefficient (Wildman–Crippen LogP) is -0.250. The minimum Gasteiger partial charge on any atom is -0.462 e. The third-order valence-electron chi connectivity index (χ3n) is 5.58. The Labute approximate surface area is 223 Å². The number of hydrogen-bond acceptors (Lipinski definition) is 9. The summed E-state index contributed by atoms with van der Waals surface area (Å²) in [5, 5.41) is 5.84. The van der Waals surface area contributed by atoms with Gasteiger partial charge in [0.2, 0.25) is 0 Å². The van der Waals surface area contributed by atoms with Crippen molar-refractivity contribution in [3.63, 3.8) is 0 Å². The first-order valence-corrected chi connectivity index (χ1v) is 12.3. The van der Waals surface area contributed by atoms with Crippen LogP contribution in [-0.4, -0.2) is 92.1 Å². The summed E-state index contributed by atoms with van der Waals surface area (Å²) in [7, 11) is 2.02. The fourth-order valence-corrected chi connectivity index (χ4v) is 3.60. The smallest absolute Gasteiger partial charge is 0.293 e. The van der Waals surface area contributed by atoms with Gasteiger partial charge in [-0.1, -0.05) is 0 Å². The van der Waals surface area contributed by atoms with Crippen LogP contribution in [0.5, 0.6) is 0 Å². The molecule has 0 saturated carbocycles. The Bertz CT molecular complexity index is 1010. The third kappa shape index (κ3) is 10.3. The number of primary amides is 1. The van der Waals surface area contributed by atoms with Crippen molar-refractivity contribution in [2.24, 2.45) is 22.2 Å². The molecule has 2 aliphatic heterocycles. The summed E-state index contributed by atoms with van der Waals surface area (Å²) in [6, 6.07) is 6.89. The number of nitrogens with zero attached hydrogens (tertiary/aromatic N) is 3. The lowest BCUT2D eigenvalue weighted by Crippen LogP contribution is -2.40. The van der Waals surface area contributed by atoms with Crippen LogP contribution < -0.4 is 27.8 Å². The molecule has 1 aromatic rings. The maximum atomic E-state index is 12.6. The first-order chi connectivity index (χ1) is 17.9. The van der Waals surface area contributed by atoms with E-state index in [9.17, 15) is 14.4 Å². The van der Waals surface area contributed by atoms with Crippen LogP contribution in [0.2, 0.25) is 0 Å². The van der Waals surface area contributed by atoms with Crippen molar-refractivity contribution >= 4 is 29.9 Å². The predicted molar refractivity (Wildman–Crippen MR) is 145 cm³/mol. The van der Waals surface area contributed by atoms with Gasteiger partial charge >= 0.3 is 0 Å². The van der Waals surface area contributed by atoms with Gasteiger partial charge in [0.15, 0.2) is 5.96 Å². The van der Waals surface area contributed by atoms with Crippen LogP contribution in [0.4, 0.5) is 5.69 Å². The van der Waals surface area contributed by atoms with Crippen LogP contribution in [0.3, 0.4) is 0 Å². The summed E-state index contributed by atoms with van der Waals surface area (Å²) in [6.07, 6.45) is 0.898. The highest BCUT2D eigenvalue weighted by molar-refractivity contribution is 5.95. The number of amides is 2. The molecule has 8 N–H and O–H groups in total. The third-order valence-corrected chi connectivity index (χ3v) is 5.58. The number of likely N-dealkylation sites (N-methyl/N-ethyl adjacent to an activating group) is 1. The van der Waals surface area contributed by atoms with Gasteiger partial charge in [0.25, 0.3) is 18.3 Å². The molecule has 38 heavy (non-hydrogen) atoms. The van der Waals surface area contributed by atoms with Crippen molar-refractivity contribution in [2.75, 3.05) is 51.8 Å². The van der Waals surface area contributed by atoms with E-state index in [1.165, 1.54) is 0 Å². The number of likely N-dealkylation sites (tertiary alicyclic amines) is 1. The summed E-state index contributed by atoms with van der Waals surface area (Å²) in [5.74, 6) is -0.598. The lowest BCUT2D eigenvalue weighted by atomic mass is 10.1. The Morgan fingerprint density at radius 2 is 1.74 bits per heavy atom. The average molecular weight is 533 g/mol. The van der Waals surface area contributed by atoms with Crippen molar-refractivity contribution in [1.29, 1.82) is 0 Å². The van der Waals surface area contributed by atoms with Gasteiger partial charge in [-0.2, -0.15) is 0 Å². The lowest BCUT2D eigenvalue weighted by molar-refractivity contribution is -0.138. The maximum Gasteiger partial charge on any atom is 0.293 e. The van der Waals surface area contributed by atoms with Crippen LogP contribution in [0.15, 0.2) is 40.8 Å². The van der Waals surface area contributed by atoms with E-state index in [1.807, 2.05) is 27.8 Å². The second-order valence-electron chi connectivity index (χ2n) is 9.93. The zero-order valence-electron chi connectivity index (χ0n) is 22.5. The van der Waals surface area contributed by atoms with Crippen LogP contribution in [0.25, 0.3) is 0 Å². The topological polar surface area (TPSA) is 191 Å². The molecule has 0 spiro atoms. The van der Waals surface area contributed by atoms with E-state index in [0.29, 0.717) is 44.0 Å². The molecule has 3 rings (SSSR count). The number of ether oxygens (including phenoxy) is 2. The Morgan fingerprint density at radius 3 is 2.21 bits per heavy atom. The fraction of sp³-hybridized carbons (Fsp3) is 0.520. The van der Waals surface area contributed by atoms with E-state index in [0.717, 1.165) is 19.5 Å². The molecule has 1 unspecified atom stereocenters. The molecule has 0 radical (unpaired) electrons. The van der Waals surface area contributed by atoms with E-state index >= 15 is 0 Å². The van der Waals surface area contributed by atoms with Gasteiger partial charge in [-0.3, -0.25) is 14.4 Å². The average Bonchev–Trinajstić information content (AvgIpc) is 3.27. The van der Waals surface area contributed by atoms with Crippen molar-refractivity contribution in [3.05, 3.63) is 41.3 Å². The van der Waals surface area contributed by atoms with Crippen molar-refractivity contribution in [3.8, 4) is 0 Å². The van der Waals surface area contributed by atoms with Gasteiger partial charge in [0, 0.05) is 30.9 Å². The number of guanidine groups is 1. The van der Waals surface area contributed by atoms with E-state index in [4.69, 9.17) is 21.9 Å². The number of rotatable bonds is 7. The molecule has 2 aliphatic rings. The van der Waals surface area contributed by atoms with Crippen LogP contribution >= 0.6 is 0 Å². The first kappa shape index (κ1) is 30.4. The highest BCUT2D eigenvalue weighted by atomic mass is 16.5. The standard InChI is InChI=1S/C20H30N8O3.C5H10O2/c1-27-7-6-15(12-27)25-20(23)26-18(16(21)17(22)29)24-14-4-2-13(3-5-14)19(30)28-8-10-31-11-9-28;1-5(2,3)7-4-6/h2-5,15,24H,6-12,21H2,1H3,(H2,22,29)(H3,23,25,26);4H,1-3H3/b18-16-;. The molecular formula is C25H40N8O5. The normalized spacial score (nSPS) is 19.0. The van der Waals surface area contributed by atoms with Crippen molar-refractivity contribution in [2.45, 2.75) is 38.8 Å². The molecular weight excluding hydrogens is 492 g/mol. The van der Waals surface area contributed by atoms with E-state index in [2.05, 4.69) is 25.3 Å². The molecule has 1 aromatic carbocycles. The number of benzene rings is 1. The molecule has 2 heterocycles. The zero-order chi connectivity index (χ0) is 28.3. The van der Waals surface area contributed by atoms with Gasteiger partial charge in [-0.05, 0) is 65.0 Å². The van der Waals surface area contributed by atoms with E-state index < -0.39 is 5.91 Å². The number of nitrogens with two attached hydrogens (primary N) is 3. The molecule has 210 valence electrons. The second-order valence-corrected chi connectivity index (χ2v) is 9.93. The van der Waals surface area contributed by atoms with Gasteiger partial charge < -0.3 is 47.1 Å². The summed E-state index contributed by atoms with van der Waals surface area (Å²) in [5.41, 5.74) is 17.8. The minimum atomic E-state index is -0.803. The van der Waals surface area contributed by atoms with Gasteiger partial charge in [0.1, 0.15) is 17.1 Å². The molecule has 0 aliphatic carbocycles. The van der Waals surface area contributed by atoms with E-state index in [1.54, 1.807) is 29.2 Å². The monoisotopic (exact) mass is 532 g/mol. The number of aliphatic imine (C=N–C) groups is 1. The molecule has 2 saturated heterocycles. The molecule has 0 aromatic heterocycles. The van der Waals surface area contributed by atoms with Gasteiger partial charge in [-0.25, -0.2) is 4.99 Å². The largest absolute Gasteiger partial charge is 0.462 e. The number of carbonyl (C=O) groups is 3. The molecule has 13 nitrogen and oxygen atoms in total. The summed E-state index contributed by atoms with van der Waals surface area (Å²) >= 11 is 0. The van der Waals surface area contributed by atoms with Crippen LogP contribution in [-0.2, 0) is 19.1 Å². The number of anilines is 1. The Kier molecular flexibility index (Phi) is 11.3. The molecule has 0 bridgehead atoms. The Hall–Kier alpha value is -3.84. The van der Waals surface area contributed by atoms with Crippen molar-refractivity contribution in [1.82, 2.24) is 15.1 Å². The van der Waals surface area contributed by atoms with Gasteiger partial charge in [0.05, 0.1) is 19.3 Å². The first-order valence-electron chi connectivity index (χ1n) is 12.3. The summed E-state index contributed by atoms with van der Waals surface area (Å²) in [4.78, 5) is 42.2. The SMILES string of the molecule is CC(C)(C)OC=O.CN1CCC(N=C(N)N/C(Nc2ccc(C(=O)N3CCOCC3)cc2)=C(\N)C(N)=O)C1. The highest BCUT2D eigenvalue weighted by Gasteiger charge is 2.20. The highest BCUT2D eigenvalue weighted by Crippen LogP contribution is 2.15. The molecule has 2 amide bonds.